The van der Waals surface area contributed by atoms with Crippen LogP contribution in [0.2, 0.25) is 0 Å². The van der Waals surface area contributed by atoms with Gasteiger partial charge >= 0.3 is 0 Å². The molecular formula is C15H19N5O2. The van der Waals surface area contributed by atoms with Crippen LogP contribution in [0.15, 0.2) is 37.1 Å². The first kappa shape index (κ1) is 14.7. The molecule has 1 aliphatic rings. The number of imidazole rings is 1. The molecule has 1 N–H and O–H groups in total. The van der Waals surface area contributed by atoms with E-state index in [0.29, 0.717) is 18.8 Å². The third-order valence-electron chi connectivity index (χ3n) is 3.67. The van der Waals surface area contributed by atoms with Gasteiger partial charge in [0.1, 0.15) is 18.2 Å². The van der Waals surface area contributed by atoms with Crippen LogP contribution in [-0.4, -0.2) is 57.7 Å². The zero-order valence-electron chi connectivity index (χ0n) is 12.5. The number of carbonyl (C=O) groups is 1. The van der Waals surface area contributed by atoms with E-state index in [2.05, 4.69) is 27.1 Å². The van der Waals surface area contributed by atoms with Gasteiger partial charge in [0.05, 0.1) is 18.5 Å². The zero-order chi connectivity index (χ0) is 15.4. The summed E-state index contributed by atoms with van der Waals surface area (Å²) in [5, 5.41) is 2.85. The number of nitrogens with zero attached hydrogens (tertiary/aromatic N) is 4. The number of ether oxygens (including phenoxy) is 1. The van der Waals surface area contributed by atoms with Crippen molar-refractivity contribution in [3.63, 3.8) is 0 Å². The Balaban J connectivity index is 1.62. The average Bonchev–Trinajstić information content (AvgIpc) is 3.10. The smallest absolute Gasteiger partial charge is 0.254 e. The van der Waals surface area contributed by atoms with Crippen molar-refractivity contribution >= 4 is 11.6 Å². The topological polar surface area (TPSA) is 72.3 Å². The van der Waals surface area contributed by atoms with E-state index in [1.807, 2.05) is 18.3 Å². The van der Waals surface area contributed by atoms with Crippen LogP contribution in [0.25, 0.3) is 5.82 Å². The fraction of sp³-hybridized carbons (Fsp3) is 0.400. The Bertz CT molecular complexity index is 611. The third kappa shape index (κ3) is 3.32. The Morgan fingerprint density at radius 1 is 1.50 bits per heavy atom. The predicted molar refractivity (Wildman–Crippen MR) is 81.8 cm³/mol. The van der Waals surface area contributed by atoms with E-state index in [0.717, 1.165) is 18.9 Å². The molecule has 0 aromatic carbocycles. The fourth-order valence-corrected chi connectivity index (χ4v) is 2.38. The number of hydrogen-bond donors (Lipinski definition) is 1. The summed E-state index contributed by atoms with van der Waals surface area (Å²) in [4.78, 5) is 22.7. The summed E-state index contributed by atoms with van der Waals surface area (Å²) in [5.41, 5.74) is 0.658. The highest BCUT2D eigenvalue weighted by Gasteiger charge is 2.25. The average molecular weight is 301 g/mol. The standard InChI is InChI=1S/C15H19N5O2/c1-2-19-7-8-22-13(10-19)15(21)18-12-3-4-14(17-9-12)20-6-5-16-11-20/h3-6,9,11,13H,2,7-8,10H2,1H3,(H,18,21)/t13-/m1/s1. The van der Waals surface area contributed by atoms with E-state index in [4.69, 9.17) is 4.74 Å². The van der Waals surface area contributed by atoms with E-state index in [-0.39, 0.29) is 5.91 Å². The van der Waals surface area contributed by atoms with Gasteiger partial charge < -0.3 is 10.1 Å². The molecule has 1 amide bonds. The summed E-state index contributed by atoms with van der Waals surface area (Å²) < 4.78 is 7.34. The molecule has 0 aliphatic carbocycles. The summed E-state index contributed by atoms with van der Waals surface area (Å²) in [6.45, 7) is 5.10. The van der Waals surface area contributed by atoms with Crippen LogP contribution >= 0.6 is 0 Å². The number of likely N-dealkylation sites (N-methyl/N-ethyl adjacent to an activating group) is 1. The summed E-state index contributed by atoms with van der Waals surface area (Å²) in [6, 6.07) is 3.65. The Morgan fingerprint density at radius 2 is 2.41 bits per heavy atom. The molecule has 0 unspecified atom stereocenters. The number of carbonyl (C=O) groups excluding carboxylic acids is 1. The highest BCUT2D eigenvalue weighted by atomic mass is 16.5. The number of morpholine rings is 1. The number of anilines is 1. The maximum atomic E-state index is 12.2. The molecule has 7 nitrogen and oxygen atoms in total. The number of hydrogen-bond acceptors (Lipinski definition) is 5. The van der Waals surface area contributed by atoms with Crippen LogP contribution in [0.1, 0.15) is 6.92 Å². The van der Waals surface area contributed by atoms with Gasteiger partial charge in [-0.3, -0.25) is 14.3 Å². The van der Waals surface area contributed by atoms with Gasteiger partial charge in [-0.2, -0.15) is 0 Å². The first-order valence-electron chi connectivity index (χ1n) is 7.35. The summed E-state index contributed by atoms with van der Waals surface area (Å²) in [5.74, 6) is 0.622. The van der Waals surface area contributed by atoms with Gasteiger partial charge in [-0.15, -0.1) is 0 Å². The molecule has 1 aliphatic heterocycles. The summed E-state index contributed by atoms with van der Waals surface area (Å²) >= 11 is 0. The van der Waals surface area contributed by atoms with Gasteiger partial charge in [-0.1, -0.05) is 6.92 Å². The van der Waals surface area contributed by atoms with Crippen molar-refractivity contribution in [2.45, 2.75) is 13.0 Å². The van der Waals surface area contributed by atoms with Crippen molar-refractivity contribution < 1.29 is 9.53 Å². The molecule has 0 spiro atoms. The molecule has 0 saturated carbocycles. The molecule has 3 heterocycles. The highest BCUT2D eigenvalue weighted by molar-refractivity contribution is 5.94. The fourth-order valence-electron chi connectivity index (χ4n) is 2.38. The van der Waals surface area contributed by atoms with Crippen LogP contribution in [0, 0.1) is 0 Å². The third-order valence-corrected chi connectivity index (χ3v) is 3.67. The number of amides is 1. The van der Waals surface area contributed by atoms with Crippen LogP contribution in [0.5, 0.6) is 0 Å². The highest BCUT2D eigenvalue weighted by Crippen LogP contribution is 2.12. The lowest BCUT2D eigenvalue weighted by molar-refractivity contribution is -0.132. The number of nitrogens with one attached hydrogen (secondary N) is 1. The molecule has 3 rings (SSSR count). The molecular weight excluding hydrogens is 282 g/mol. The van der Waals surface area contributed by atoms with E-state index in [1.165, 1.54) is 0 Å². The molecule has 1 atom stereocenters. The predicted octanol–water partition coefficient (Wildman–Crippen LogP) is 0.926. The van der Waals surface area contributed by atoms with Crippen molar-refractivity contribution in [2.24, 2.45) is 0 Å². The van der Waals surface area contributed by atoms with Gasteiger partial charge in [0.15, 0.2) is 0 Å². The van der Waals surface area contributed by atoms with Gasteiger partial charge in [-0.05, 0) is 18.7 Å². The van der Waals surface area contributed by atoms with Crippen molar-refractivity contribution in [1.29, 1.82) is 0 Å². The number of rotatable bonds is 4. The normalized spacial score (nSPS) is 19.0. The van der Waals surface area contributed by atoms with Crippen LogP contribution in [-0.2, 0) is 9.53 Å². The minimum Gasteiger partial charge on any atom is -0.366 e. The Hall–Kier alpha value is -2.25. The maximum Gasteiger partial charge on any atom is 0.254 e. The lowest BCUT2D eigenvalue weighted by Gasteiger charge is -2.31. The number of pyridine rings is 1. The molecule has 1 fully saturated rings. The minimum atomic E-state index is -0.429. The second kappa shape index (κ2) is 6.67. The number of aromatic nitrogens is 3. The van der Waals surface area contributed by atoms with Crippen LogP contribution in [0.4, 0.5) is 5.69 Å². The van der Waals surface area contributed by atoms with Crippen LogP contribution < -0.4 is 5.32 Å². The second-order valence-electron chi connectivity index (χ2n) is 5.12. The molecule has 22 heavy (non-hydrogen) atoms. The molecule has 7 heteroatoms. The molecule has 2 aromatic heterocycles. The SMILES string of the molecule is CCN1CCO[C@@H](C(=O)Nc2ccc(-n3ccnc3)nc2)C1. The first-order chi connectivity index (χ1) is 10.8. The van der Waals surface area contributed by atoms with Crippen molar-refractivity contribution in [3.05, 3.63) is 37.1 Å². The lowest BCUT2D eigenvalue weighted by Crippen LogP contribution is -2.47. The Labute approximate surface area is 128 Å². The lowest BCUT2D eigenvalue weighted by atomic mass is 10.2. The Kier molecular flexibility index (Phi) is 4.45. The Morgan fingerprint density at radius 3 is 3.09 bits per heavy atom. The molecule has 2 aromatic rings. The second-order valence-corrected chi connectivity index (χ2v) is 5.12. The largest absolute Gasteiger partial charge is 0.366 e. The minimum absolute atomic E-state index is 0.129. The van der Waals surface area contributed by atoms with Gasteiger partial charge in [-0.25, -0.2) is 9.97 Å². The monoisotopic (exact) mass is 301 g/mol. The quantitative estimate of drug-likeness (QED) is 0.909. The van der Waals surface area contributed by atoms with Gasteiger partial charge in [0, 0.05) is 25.5 Å². The maximum absolute atomic E-state index is 12.2. The van der Waals surface area contributed by atoms with E-state index in [9.17, 15) is 4.79 Å². The summed E-state index contributed by atoms with van der Waals surface area (Å²) in [6.07, 6.45) is 6.39. The van der Waals surface area contributed by atoms with Gasteiger partial charge in [0.25, 0.3) is 5.91 Å². The molecule has 1 saturated heterocycles. The van der Waals surface area contributed by atoms with Crippen molar-refractivity contribution in [1.82, 2.24) is 19.4 Å². The first-order valence-corrected chi connectivity index (χ1v) is 7.35. The summed E-state index contributed by atoms with van der Waals surface area (Å²) in [7, 11) is 0. The zero-order valence-corrected chi connectivity index (χ0v) is 12.5. The van der Waals surface area contributed by atoms with E-state index < -0.39 is 6.10 Å². The van der Waals surface area contributed by atoms with Crippen molar-refractivity contribution in [2.75, 3.05) is 31.6 Å². The molecule has 0 bridgehead atoms. The van der Waals surface area contributed by atoms with Crippen molar-refractivity contribution in [3.8, 4) is 5.82 Å². The van der Waals surface area contributed by atoms with E-state index in [1.54, 1.807) is 23.3 Å². The van der Waals surface area contributed by atoms with E-state index >= 15 is 0 Å². The van der Waals surface area contributed by atoms with Gasteiger partial charge in [0.2, 0.25) is 0 Å². The van der Waals surface area contributed by atoms with Crippen LogP contribution in [0.3, 0.4) is 0 Å². The molecule has 116 valence electrons. The molecule has 0 radical (unpaired) electrons.